The van der Waals surface area contributed by atoms with Gasteiger partial charge in [0.25, 0.3) is 0 Å². The highest BCUT2D eigenvalue weighted by molar-refractivity contribution is 9.10. The fourth-order valence-corrected chi connectivity index (χ4v) is 1.82. The van der Waals surface area contributed by atoms with E-state index in [1.165, 1.54) is 17.7 Å². The maximum absolute atomic E-state index is 12.7. The predicted octanol–water partition coefficient (Wildman–Crippen LogP) is 3.88. The van der Waals surface area contributed by atoms with E-state index in [1.54, 1.807) is 12.1 Å². The molecule has 88 valence electrons. The lowest BCUT2D eigenvalue weighted by Gasteiger charge is -2.05. The minimum atomic E-state index is -0.193. The smallest absolute Gasteiger partial charge is 0.123 e. The van der Waals surface area contributed by atoms with Crippen molar-refractivity contribution in [2.45, 2.75) is 13.1 Å². The zero-order chi connectivity index (χ0) is 12.1. The molecule has 3 heteroatoms. The zero-order valence-corrected chi connectivity index (χ0v) is 10.9. The first-order chi connectivity index (χ1) is 8.24. The number of rotatable bonds is 4. The highest BCUT2D eigenvalue weighted by Gasteiger charge is 1.95. The second-order valence-corrected chi connectivity index (χ2v) is 4.77. The van der Waals surface area contributed by atoms with Crippen molar-refractivity contribution in [3.63, 3.8) is 0 Å². The Kier molecular flexibility index (Phi) is 4.29. The molecular formula is C14H13BrFN. The van der Waals surface area contributed by atoms with Gasteiger partial charge in [0.1, 0.15) is 5.82 Å². The van der Waals surface area contributed by atoms with Gasteiger partial charge in [0.05, 0.1) is 0 Å². The van der Waals surface area contributed by atoms with Gasteiger partial charge in [0, 0.05) is 17.6 Å². The van der Waals surface area contributed by atoms with Gasteiger partial charge in [-0.1, -0.05) is 40.2 Å². The van der Waals surface area contributed by atoms with Crippen LogP contribution in [0.2, 0.25) is 0 Å². The van der Waals surface area contributed by atoms with Crippen LogP contribution in [0, 0.1) is 5.82 Å². The van der Waals surface area contributed by atoms with E-state index in [-0.39, 0.29) is 5.82 Å². The Morgan fingerprint density at radius 3 is 1.82 bits per heavy atom. The molecule has 2 rings (SSSR count). The summed E-state index contributed by atoms with van der Waals surface area (Å²) in [4.78, 5) is 0. The summed E-state index contributed by atoms with van der Waals surface area (Å²) < 4.78 is 13.8. The molecular weight excluding hydrogens is 281 g/mol. The van der Waals surface area contributed by atoms with Crippen LogP contribution in [-0.2, 0) is 13.1 Å². The van der Waals surface area contributed by atoms with Gasteiger partial charge in [-0.3, -0.25) is 0 Å². The topological polar surface area (TPSA) is 12.0 Å². The van der Waals surface area contributed by atoms with Crippen LogP contribution in [0.15, 0.2) is 53.0 Å². The van der Waals surface area contributed by atoms with Crippen molar-refractivity contribution in [1.82, 2.24) is 5.32 Å². The first kappa shape index (κ1) is 12.3. The van der Waals surface area contributed by atoms with E-state index in [0.29, 0.717) is 0 Å². The van der Waals surface area contributed by atoms with E-state index in [1.807, 2.05) is 12.1 Å². The number of benzene rings is 2. The van der Waals surface area contributed by atoms with E-state index < -0.39 is 0 Å². The molecule has 0 spiro atoms. The molecule has 0 amide bonds. The van der Waals surface area contributed by atoms with Crippen LogP contribution in [0.4, 0.5) is 4.39 Å². The molecule has 1 nitrogen and oxygen atoms in total. The molecule has 0 aromatic heterocycles. The average molecular weight is 294 g/mol. The van der Waals surface area contributed by atoms with Gasteiger partial charge < -0.3 is 5.32 Å². The van der Waals surface area contributed by atoms with Crippen LogP contribution < -0.4 is 5.32 Å². The molecule has 2 aromatic carbocycles. The summed E-state index contributed by atoms with van der Waals surface area (Å²) in [5.74, 6) is -0.193. The lowest BCUT2D eigenvalue weighted by molar-refractivity contribution is 0.625. The van der Waals surface area contributed by atoms with Crippen molar-refractivity contribution < 1.29 is 4.39 Å². The normalized spacial score (nSPS) is 10.5. The van der Waals surface area contributed by atoms with E-state index >= 15 is 0 Å². The van der Waals surface area contributed by atoms with Gasteiger partial charge >= 0.3 is 0 Å². The Morgan fingerprint density at radius 1 is 0.824 bits per heavy atom. The third-order valence-corrected chi connectivity index (χ3v) is 3.01. The van der Waals surface area contributed by atoms with Gasteiger partial charge in [0.15, 0.2) is 0 Å². The van der Waals surface area contributed by atoms with E-state index in [0.717, 1.165) is 23.1 Å². The monoisotopic (exact) mass is 293 g/mol. The third-order valence-electron chi connectivity index (χ3n) is 2.48. The Bertz CT molecular complexity index is 419. The summed E-state index contributed by atoms with van der Waals surface area (Å²) in [6.45, 7) is 1.56. The van der Waals surface area contributed by atoms with Crippen molar-refractivity contribution in [3.8, 4) is 0 Å². The maximum Gasteiger partial charge on any atom is 0.123 e. The molecule has 0 bridgehead atoms. The molecule has 1 N–H and O–H groups in total. The van der Waals surface area contributed by atoms with Crippen LogP contribution >= 0.6 is 15.9 Å². The largest absolute Gasteiger partial charge is 0.309 e. The molecule has 0 aliphatic rings. The first-order valence-electron chi connectivity index (χ1n) is 5.43. The highest BCUT2D eigenvalue weighted by atomic mass is 79.9. The SMILES string of the molecule is Fc1ccc(CNCc2ccc(Br)cc2)cc1. The summed E-state index contributed by atoms with van der Waals surface area (Å²) in [5, 5.41) is 3.32. The molecule has 17 heavy (non-hydrogen) atoms. The second kappa shape index (κ2) is 5.94. The second-order valence-electron chi connectivity index (χ2n) is 3.86. The molecule has 2 aromatic rings. The Balaban J connectivity index is 1.83. The van der Waals surface area contributed by atoms with Crippen molar-refractivity contribution in [2.24, 2.45) is 0 Å². The number of hydrogen-bond acceptors (Lipinski definition) is 1. The quantitative estimate of drug-likeness (QED) is 0.902. The molecule has 0 heterocycles. The van der Waals surface area contributed by atoms with Gasteiger partial charge in [-0.2, -0.15) is 0 Å². The van der Waals surface area contributed by atoms with Gasteiger partial charge in [-0.25, -0.2) is 4.39 Å². The van der Waals surface area contributed by atoms with Crippen molar-refractivity contribution in [3.05, 3.63) is 69.9 Å². The molecule has 0 fully saturated rings. The highest BCUT2D eigenvalue weighted by Crippen LogP contribution is 2.10. The van der Waals surface area contributed by atoms with E-state index in [9.17, 15) is 4.39 Å². The number of nitrogens with one attached hydrogen (secondary N) is 1. The Hall–Kier alpha value is -1.19. The van der Waals surface area contributed by atoms with Crippen LogP contribution in [-0.4, -0.2) is 0 Å². The molecule has 0 aliphatic heterocycles. The zero-order valence-electron chi connectivity index (χ0n) is 9.29. The molecule has 0 aliphatic carbocycles. The van der Waals surface area contributed by atoms with Crippen molar-refractivity contribution in [2.75, 3.05) is 0 Å². The Morgan fingerprint density at radius 2 is 1.29 bits per heavy atom. The fourth-order valence-electron chi connectivity index (χ4n) is 1.56. The van der Waals surface area contributed by atoms with Crippen LogP contribution in [0.1, 0.15) is 11.1 Å². The molecule has 0 unspecified atom stereocenters. The predicted molar refractivity (Wildman–Crippen MR) is 71.1 cm³/mol. The summed E-state index contributed by atoms with van der Waals surface area (Å²) in [7, 11) is 0. The minimum absolute atomic E-state index is 0.193. The number of hydrogen-bond donors (Lipinski definition) is 1. The Labute approximate surface area is 109 Å². The molecule has 0 atom stereocenters. The maximum atomic E-state index is 12.7. The van der Waals surface area contributed by atoms with E-state index in [2.05, 4.69) is 33.4 Å². The van der Waals surface area contributed by atoms with Crippen molar-refractivity contribution >= 4 is 15.9 Å². The van der Waals surface area contributed by atoms with Gasteiger partial charge in [0.2, 0.25) is 0 Å². The lowest BCUT2D eigenvalue weighted by Crippen LogP contribution is -2.12. The van der Waals surface area contributed by atoms with Crippen LogP contribution in [0.25, 0.3) is 0 Å². The van der Waals surface area contributed by atoms with Crippen LogP contribution in [0.3, 0.4) is 0 Å². The summed E-state index contributed by atoms with van der Waals surface area (Å²) in [6.07, 6.45) is 0. The molecule has 0 radical (unpaired) electrons. The fraction of sp³-hybridized carbons (Fsp3) is 0.143. The molecule has 0 saturated heterocycles. The van der Waals surface area contributed by atoms with E-state index in [4.69, 9.17) is 0 Å². The standard InChI is InChI=1S/C14H13BrFN/c15-13-5-1-11(2-6-13)9-17-10-12-3-7-14(16)8-4-12/h1-8,17H,9-10H2. The van der Waals surface area contributed by atoms with Gasteiger partial charge in [-0.05, 0) is 35.4 Å². The summed E-state index contributed by atoms with van der Waals surface area (Å²) in [6, 6.07) is 14.7. The summed E-state index contributed by atoms with van der Waals surface area (Å²) >= 11 is 3.40. The minimum Gasteiger partial charge on any atom is -0.309 e. The third kappa shape index (κ3) is 3.95. The van der Waals surface area contributed by atoms with Crippen LogP contribution in [0.5, 0.6) is 0 Å². The van der Waals surface area contributed by atoms with Crippen molar-refractivity contribution in [1.29, 1.82) is 0 Å². The average Bonchev–Trinajstić information content (AvgIpc) is 2.34. The van der Waals surface area contributed by atoms with Gasteiger partial charge in [-0.15, -0.1) is 0 Å². The summed E-state index contributed by atoms with van der Waals surface area (Å²) in [5.41, 5.74) is 2.32. The number of halogens is 2. The first-order valence-corrected chi connectivity index (χ1v) is 6.23. The molecule has 0 saturated carbocycles. The lowest BCUT2D eigenvalue weighted by atomic mass is 10.2.